The Morgan fingerprint density at radius 3 is 2.38 bits per heavy atom. The largest absolute Gasteiger partial charge is 0.370 e. The predicted octanol–water partition coefficient (Wildman–Crippen LogP) is 2.58. The number of carbonyl (C=O) groups is 1. The van der Waals surface area contributed by atoms with Gasteiger partial charge in [-0.25, -0.2) is 9.78 Å². The van der Waals surface area contributed by atoms with Gasteiger partial charge in [-0.05, 0) is 56.9 Å². The van der Waals surface area contributed by atoms with Crippen LogP contribution in [0.5, 0.6) is 0 Å². The van der Waals surface area contributed by atoms with Crippen LogP contribution in [0.2, 0.25) is 0 Å². The van der Waals surface area contributed by atoms with Crippen molar-refractivity contribution in [2.75, 3.05) is 68.5 Å². The lowest BCUT2D eigenvalue weighted by Crippen LogP contribution is -2.50. The summed E-state index contributed by atoms with van der Waals surface area (Å²) in [6.07, 6.45) is 3.00. The maximum atomic E-state index is 12.6. The van der Waals surface area contributed by atoms with E-state index in [-0.39, 0.29) is 6.03 Å². The molecular weight excluding hydrogens is 364 g/mol. The van der Waals surface area contributed by atoms with Gasteiger partial charge in [-0.15, -0.1) is 0 Å². The Hall–Kier alpha value is -2.80. The molecule has 3 heterocycles. The minimum Gasteiger partial charge on any atom is -0.370 e. The number of likely N-dealkylation sites (N-methyl/N-ethyl adjacent to an activating group) is 1. The molecule has 2 aliphatic rings. The fourth-order valence-corrected chi connectivity index (χ4v) is 4.04. The van der Waals surface area contributed by atoms with Gasteiger partial charge in [0.1, 0.15) is 5.82 Å². The molecule has 0 saturated carbocycles. The molecule has 7 nitrogen and oxygen atoms in total. The lowest BCUT2D eigenvalue weighted by atomic mass is 10.2. The van der Waals surface area contributed by atoms with Crippen molar-refractivity contribution in [1.29, 1.82) is 0 Å². The highest BCUT2D eigenvalue weighted by molar-refractivity contribution is 5.89. The van der Waals surface area contributed by atoms with Gasteiger partial charge in [0, 0.05) is 62.9 Å². The van der Waals surface area contributed by atoms with Crippen LogP contribution in [-0.2, 0) is 0 Å². The molecule has 0 spiro atoms. The molecular formula is C22H30N6O. The van der Waals surface area contributed by atoms with Crippen molar-refractivity contribution in [2.24, 2.45) is 0 Å². The van der Waals surface area contributed by atoms with Crippen molar-refractivity contribution in [2.45, 2.75) is 12.5 Å². The summed E-state index contributed by atoms with van der Waals surface area (Å²) < 4.78 is 0. The number of rotatable bonds is 4. The molecule has 2 fully saturated rings. The fourth-order valence-electron chi connectivity index (χ4n) is 4.04. The average Bonchev–Trinajstić information content (AvgIpc) is 3.26. The number of hydrogen-bond donors (Lipinski definition) is 1. The van der Waals surface area contributed by atoms with Gasteiger partial charge in [0.25, 0.3) is 0 Å². The number of aromatic nitrogens is 1. The van der Waals surface area contributed by atoms with Crippen molar-refractivity contribution in [3.63, 3.8) is 0 Å². The third-order valence-corrected chi connectivity index (χ3v) is 5.92. The Morgan fingerprint density at radius 2 is 1.76 bits per heavy atom. The molecule has 0 bridgehead atoms. The van der Waals surface area contributed by atoms with E-state index in [4.69, 9.17) is 0 Å². The molecule has 1 atom stereocenters. The molecule has 2 aliphatic heterocycles. The number of carbonyl (C=O) groups excluding carboxylic acids is 1. The molecule has 1 aromatic carbocycles. The molecule has 154 valence electrons. The van der Waals surface area contributed by atoms with Crippen molar-refractivity contribution in [1.82, 2.24) is 14.8 Å². The second kappa shape index (κ2) is 8.69. The third-order valence-electron chi connectivity index (χ3n) is 5.92. The first-order valence-electron chi connectivity index (χ1n) is 10.3. The summed E-state index contributed by atoms with van der Waals surface area (Å²) in [5.74, 6) is 0.974. The zero-order valence-corrected chi connectivity index (χ0v) is 17.3. The molecule has 4 rings (SSSR count). The molecule has 29 heavy (non-hydrogen) atoms. The summed E-state index contributed by atoms with van der Waals surface area (Å²) in [7, 11) is 4.28. The first-order chi connectivity index (χ1) is 14.1. The van der Waals surface area contributed by atoms with Gasteiger partial charge in [0.05, 0.1) is 0 Å². The van der Waals surface area contributed by atoms with E-state index in [0.717, 1.165) is 37.7 Å². The number of anilines is 3. The fraction of sp³-hybridized carbons (Fsp3) is 0.455. The Morgan fingerprint density at radius 1 is 1.00 bits per heavy atom. The number of nitrogens with zero attached hydrogens (tertiary/aromatic N) is 5. The molecule has 7 heteroatoms. The van der Waals surface area contributed by atoms with Gasteiger partial charge in [-0.2, -0.15) is 0 Å². The molecule has 2 saturated heterocycles. The molecule has 1 unspecified atom stereocenters. The van der Waals surface area contributed by atoms with E-state index in [1.807, 2.05) is 35.2 Å². The highest BCUT2D eigenvalue weighted by atomic mass is 16.2. The predicted molar refractivity (Wildman–Crippen MR) is 118 cm³/mol. The van der Waals surface area contributed by atoms with Crippen molar-refractivity contribution >= 4 is 23.2 Å². The number of urea groups is 1. The molecule has 0 radical (unpaired) electrons. The zero-order chi connectivity index (χ0) is 20.2. The van der Waals surface area contributed by atoms with Crippen molar-refractivity contribution in [3.05, 3.63) is 48.7 Å². The van der Waals surface area contributed by atoms with E-state index in [0.29, 0.717) is 19.1 Å². The maximum Gasteiger partial charge on any atom is 0.321 e. The van der Waals surface area contributed by atoms with E-state index < -0.39 is 0 Å². The van der Waals surface area contributed by atoms with Gasteiger partial charge in [-0.3, -0.25) is 0 Å². The smallest absolute Gasteiger partial charge is 0.321 e. The number of hydrogen-bond acceptors (Lipinski definition) is 5. The van der Waals surface area contributed by atoms with Crippen LogP contribution in [0.1, 0.15) is 6.42 Å². The number of piperazine rings is 1. The van der Waals surface area contributed by atoms with E-state index in [2.05, 4.69) is 51.2 Å². The van der Waals surface area contributed by atoms with Crippen LogP contribution < -0.4 is 15.1 Å². The molecule has 2 aromatic rings. The highest BCUT2D eigenvalue weighted by Crippen LogP contribution is 2.24. The van der Waals surface area contributed by atoms with E-state index in [9.17, 15) is 4.79 Å². The number of nitrogens with one attached hydrogen (secondary N) is 1. The van der Waals surface area contributed by atoms with Gasteiger partial charge >= 0.3 is 6.03 Å². The number of amides is 2. The lowest BCUT2D eigenvalue weighted by Gasteiger charge is -2.35. The van der Waals surface area contributed by atoms with E-state index in [1.165, 1.54) is 12.1 Å². The van der Waals surface area contributed by atoms with Crippen LogP contribution >= 0.6 is 0 Å². The summed E-state index contributed by atoms with van der Waals surface area (Å²) >= 11 is 0. The van der Waals surface area contributed by atoms with Crippen molar-refractivity contribution in [3.8, 4) is 0 Å². The summed E-state index contributed by atoms with van der Waals surface area (Å²) in [5, 5.41) is 3.04. The zero-order valence-electron chi connectivity index (χ0n) is 17.3. The second-order valence-electron chi connectivity index (χ2n) is 7.99. The first kappa shape index (κ1) is 19.5. The van der Waals surface area contributed by atoms with Crippen molar-refractivity contribution < 1.29 is 4.79 Å². The minimum atomic E-state index is -0.0349. The molecule has 1 N–H and O–H groups in total. The summed E-state index contributed by atoms with van der Waals surface area (Å²) in [6.45, 7) is 5.12. The number of pyridine rings is 1. The Kier molecular flexibility index (Phi) is 5.85. The SMILES string of the molecule is CN(C)C1CCN(c2ccc(NC(=O)N3CCN(c4ccccn4)CC3)cc2)C1. The summed E-state index contributed by atoms with van der Waals surface area (Å²) in [5.41, 5.74) is 2.06. The maximum absolute atomic E-state index is 12.6. The van der Waals surface area contributed by atoms with Crippen LogP contribution in [0.4, 0.5) is 22.0 Å². The third kappa shape index (κ3) is 4.62. The van der Waals surface area contributed by atoms with Crippen LogP contribution in [0.15, 0.2) is 48.7 Å². The van der Waals surface area contributed by atoms with Crippen LogP contribution in [-0.4, -0.2) is 80.2 Å². The topological polar surface area (TPSA) is 55.0 Å². The summed E-state index contributed by atoms with van der Waals surface area (Å²) in [4.78, 5) is 25.8. The van der Waals surface area contributed by atoms with Gasteiger partial charge in [-0.1, -0.05) is 6.07 Å². The van der Waals surface area contributed by atoms with E-state index in [1.54, 1.807) is 6.20 Å². The minimum absolute atomic E-state index is 0.0349. The van der Waals surface area contributed by atoms with Gasteiger partial charge in [0.2, 0.25) is 0 Å². The van der Waals surface area contributed by atoms with E-state index >= 15 is 0 Å². The van der Waals surface area contributed by atoms with Crippen LogP contribution in [0.25, 0.3) is 0 Å². The number of benzene rings is 1. The molecule has 1 aromatic heterocycles. The lowest BCUT2D eigenvalue weighted by molar-refractivity contribution is 0.208. The van der Waals surface area contributed by atoms with Crippen LogP contribution in [0.3, 0.4) is 0 Å². The van der Waals surface area contributed by atoms with Crippen LogP contribution in [0, 0.1) is 0 Å². The second-order valence-corrected chi connectivity index (χ2v) is 7.99. The monoisotopic (exact) mass is 394 g/mol. The molecule has 0 aliphatic carbocycles. The normalized spacial score (nSPS) is 19.7. The standard InChI is InChI=1S/C22H30N6O/c1-25(2)20-10-12-28(17-20)19-8-6-18(7-9-19)24-22(29)27-15-13-26(14-16-27)21-5-3-4-11-23-21/h3-9,11,20H,10,12-17H2,1-2H3,(H,24,29). The summed E-state index contributed by atoms with van der Waals surface area (Å²) in [6, 6.07) is 14.7. The van der Waals surface area contributed by atoms with Gasteiger partial charge < -0.3 is 24.9 Å². The van der Waals surface area contributed by atoms with Gasteiger partial charge in [0.15, 0.2) is 0 Å². The Balaban J connectivity index is 1.28. The Labute approximate surface area is 172 Å². The molecule has 2 amide bonds. The average molecular weight is 395 g/mol. The quantitative estimate of drug-likeness (QED) is 0.864. The first-order valence-corrected chi connectivity index (χ1v) is 10.3. The Bertz CT molecular complexity index is 802. The highest BCUT2D eigenvalue weighted by Gasteiger charge is 2.24.